The van der Waals surface area contributed by atoms with Gasteiger partial charge in [0.15, 0.2) is 11.5 Å². The van der Waals surface area contributed by atoms with Crippen molar-refractivity contribution in [3.63, 3.8) is 0 Å². The Kier molecular flexibility index (Phi) is 3.88. The van der Waals surface area contributed by atoms with Crippen molar-refractivity contribution in [2.75, 3.05) is 20.2 Å². The predicted octanol–water partition coefficient (Wildman–Crippen LogP) is 2.88. The molecule has 1 fully saturated rings. The Labute approximate surface area is 138 Å². The molecular weight excluding hydrogens is 290 g/mol. The van der Waals surface area contributed by atoms with Crippen LogP contribution in [0, 0.1) is 5.92 Å². The van der Waals surface area contributed by atoms with Gasteiger partial charge in [0.2, 0.25) is 0 Å². The van der Waals surface area contributed by atoms with Crippen molar-refractivity contribution < 1.29 is 14.2 Å². The number of nitrogens with one attached hydrogen (secondary N) is 1. The summed E-state index contributed by atoms with van der Waals surface area (Å²) >= 11 is 0. The van der Waals surface area contributed by atoms with Gasteiger partial charge in [-0.05, 0) is 52.1 Å². The Morgan fingerprint density at radius 2 is 1.83 bits per heavy atom. The van der Waals surface area contributed by atoms with Crippen LogP contribution in [0.15, 0.2) is 0 Å². The zero-order valence-corrected chi connectivity index (χ0v) is 14.4. The number of hydrogen-bond donors (Lipinski definition) is 1. The van der Waals surface area contributed by atoms with Crippen LogP contribution < -0.4 is 19.5 Å². The molecule has 3 aliphatic heterocycles. The van der Waals surface area contributed by atoms with E-state index in [9.17, 15) is 0 Å². The summed E-state index contributed by atoms with van der Waals surface area (Å²) in [5.74, 6) is 3.68. The van der Waals surface area contributed by atoms with Gasteiger partial charge in [-0.15, -0.1) is 0 Å². The first-order chi connectivity index (χ1) is 11.2. The molecule has 23 heavy (non-hydrogen) atoms. The van der Waals surface area contributed by atoms with Gasteiger partial charge in [-0.2, -0.15) is 0 Å². The van der Waals surface area contributed by atoms with Crippen molar-refractivity contribution in [3.05, 3.63) is 16.7 Å². The summed E-state index contributed by atoms with van der Waals surface area (Å²) in [6.07, 6.45) is 5.99. The number of ether oxygens (including phenoxy) is 3. The summed E-state index contributed by atoms with van der Waals surface area (Å²) in [6.45, 7) is 6.55. The standard InChI is InChI=1S/C19H27NO3/c1-11-7-14-15(9-13-5-4-6-20-10-13)17-16(8-12(2)22-17)18(21-3)19(14)23-11/h11-13,20H,4-10H2,1-3H3. The quantitative estimate of drug-likeness (QED) is 0.930. The van der Waals surface area contributed by atoms with Crippen molar-refractivity contribution in [2.45, 2.75) is 58.2 Å². The number of piperidine rings is 1. The normalized spacial score (nSPS) is 28.7. The van der Waals surface area contributed by atoms with Crippen LogP contribution in [-0.4, -0.2) is 32.4 Å². The Morgan fingerprint density at radius 3 is 2.52 bits per heavy atom. The Hall–Kier alpha value is -1.42. The van der Waals surface area contributed by atoms with Crippen LogP contribution >= 0.6 is 0 Å². The largest absolute Gasteiger partial charge is 0.492 e. The summed E-state index contributed by atoms with van der Waals surface area (Å²) in [5.41, 5.74) is 3.93. The van der Waals surface area contributed by atoms with Crippen molar-refractivity contribution in [1.82, 2.24) is 5.32 Å². The molecule has 1 aromatic rings. The summed E-state index contributed by atoms with van der Waals surface area (Å²) in [6, 6.07) is 0. The molecule has 1 aromatic carbocycles. The van der Waals surface area contributed by atoms with E-state index in [1.807, 2.05) is 0 Å². The number of rotatable bonds is 3. The molecular formula is C19H27NO3. The molecule has 3 unspecified atom stereocenters. The summed E-state index contributed by atoms with van der Waals surface area (Å²) in [7, 11) is 1.75. The van der Waals surface area contributed by atoms with Gasteiger partial charge in [0, 0.05) is 29.5 Å². The molecule has 3 aliphatic rings. The van der Waals surface area contributed by atoms with Crippen LogP contribution in [0.4, 0.5) is 0 Å². The molecule has 1 N–H and O–H groups in total. The van der Waals surface area contributed by atoms with Crippen molar-refractivity contribution in [2.24, 2.45) is 5.92 Å². The number of benzene rings is 1. The summed E-state index contributed by atoms with van der Waals surface area (Å²) in [5, 5.41) is 3.53. The maximum absolute atomic E-state index is 6.23. The highest BCUT2D eigenvalue weighted by Crippen LogP contribution is 2.51. The van der Waals surface area contributed by atoms with Gasteiger partial charge in [-0.25, -0.2) is 0 Å². The minimum Gasteiger partial charge on any atom is -0.492 e. The van der Waals surface area contributed by atoms with Crippen molar-refractivity contribution in [1.29, 1.82) is 0 Å². The predicted molar refractivity (Wildman–Crippen MR) is 89.9 cm³/mol. The molecule has 0 amide bonds. The highest BCUT2D eigenvalue weighted by molar-refractivity contribution is 5.66. The Bertz CT molecular complexity index is 568. The smallest absolute Gasteiger partial charge is 0.168 e. The highest BCUT2D eigenvalue weighted by Gasteiger charge is 2.37. The first kappa shape index (κ1) is 15.1. The molecule has 4 rings (SSSR count). The van der Waals surface area contributed by atoms with Crippen LogP contribution in [0.2, 0.25) is 0 Å². The van der Waals surface area contributed by atoms with E-state index in [4.69, 9.17) is 14.2 Å². The fraction of sp³-hybridized carbons (Fsp3) is 0.684. The lowest BCUT2D eigenvalue weighted by atomic mass is 9.87. The molecule has 4 heteroatoms. The van der Waals surface area contributed by atoms with Crippen molar-refractivity contribution >= 4 is 0 Å². The Balaban J connectivity index is 1.78. The number of hydrogen-bond acceptors (Lipinski definition) is 4. The lowest BCUT2D eigenvalue weighted by Gasteiger charge is -2.25. The second-order valence-corrected chi connectivity index (χ2v) is 7.31. The average molecular weight is 317 g/mol. The lowest BCUT2D eigenvalue weighted by molar-refractivity contribution is 0.242. The first-order valence-electron chi connectivity index (χ1n) is 8.96. The monoisotopic (exact) mass is 317 g/mol. The van der Waals surface area contributed by atoms with Gasteiger partial charge < -0.3 is 19.5 Å². The second-order valence-electron chi connectivity index (χ2n) is 7.31. The van der Waals surface area contributed by atoms with E-state index in [2.05, 4.69) is 19.2 Å². The Morgan fingerprint density at radius 1 is 1.09 bits per heavy atom. The average Bonchev–Trinajstić information content (AvgIpc) is 3.11. The molecule has 0 spiro atoms. The fourth-order valence-corrected chi connectivity index (χ4v) is 4.38. The van der Waals surface area contributed by atoms with Crippen LogP contribution in [0.25, 0.3) is 0 Å². The number of methoxy groups -OCH3 is 1. The number of fused-ring (bicyclic) bond motifs is 2. The van der Waals surface area contributed by atoms with Crippen LogP contribution in [-0.2, 0) is 19.3 Å². The second kappa shape index (κ2) is 5.90. The third-order valence-corrected chi connectivity index (χ3v) is 5.38. The van der Waals surface area contributed by atoms with E-state index in [1.54, 1.807) is 7.11 Å². The zero-order valence-electron chi connectivity index (χ0n) is 14.4. The zero-order chi connectivity index (χ0) is 16.0. The topological polar surface area (TPSA) is 39.7 Å². The van der Waals surface area contributed by atoms with Crippen LogP contribution in [0.5, 0.6) is 17.2 Å². The maximum atomic E-state index is 6.23. The third-order valence-electron chi connectivity index (χ3n) is 5.38. The van der Waals surface area contributed by atoms with E-state index in [0.717, 1.165) is 49.6 Å². The lowest BCUT2D eigenvalue weighted by Crippen LogP contribution is -2.31. The highest BCUT2D eigenvalue weighted by atomic mass is 16.5. The van der Waals surface area contributed by atoms with Gasteiger partial charge in [-0.1, -0.05) is 0 Å². The fourth-order valence-electron chi connectivity index (χ4n) is 4.38. The molecule has 0 radical (unpaired) electrons. The van der Waals surface area contributed by atoms with Crippen LogP contribution in [0.3, 0.4) is 0 Å². The van der Waals surface area contributed by atoms with E-state index in [0.29, 0.717) is 5.92 Å². The SMILES string of the molecule is COc1c2c(c(CC3CCCNC3)c3c1OC(C)C3)OC(C)C2. The van der Waals surface area contributed by atoms with Crippen LogP contribution in [0.1, 0.15) is 43.4 Å². The van der Waals surface area contributed by atoms with Gasteiger partial charge in [0.05, 0.1) is 7.11 Å². The molecule has 126 valence electrons. The van der Waals surface area contributed by atoms with E-state index in [-0.39, 0.29) is 12.2 Å². The molecule has 0 saturated carbocycles. The van der Waals surface area contributed by atoms with Gasteiger partial charge in [0.25, 0.3) is 0 Å². The molecule has 0 aliphatic carbocycles. The van der Waals surface area contributed by atoms with E-state index in [1.165, 1.54) is 29.5 Å². The molecule has 1 saturated heterocycles. The minimum atomic E-state index is 0.224. The maximum Gasteiger partial charge on any atom is 0.168 e. The van der Waals surface area contributed by atoms with Gasteiger partial charge in [-0.3, -0.25) is 0 Å². The summed E-state index contributed by atoms with van der Waals surface area (Å²) in [4.78, 5) is 0. The molecule has 0 aromatic heterocycles. The van der Waals surface area contributed by atoms with E-state index >= 15 is 0 Å². The van der Waals surface area contributed by atoms with Gasteiger partial charge >= 0.3 is 0 Å². The minimum absolute atomic E-state index is 0.224. The molecule has 3 heterocycles. The van der Waals surface area contributed by atoms with Gasteiger partial charge in [0.1, 0.15) is 18.0 Å². The summed E-state index contributed by atoms with van der Waals surface area (Å²) < 4.78 is 18.1. The third kappa shape index (κ3) is 2.57. The first-order valence-corrected chi connectivity index (χ1v) is 8.96. The van der Waals surface area contributed by atoms with Crippen molar-refractivity contribution in [3.8, 4) is 17.2 Å². The molecule has 4 nitrogen and oxygen atoms in total. The molecule has 0 bridgehead atoms. The molecule has 3 atom stereocenters. The van der Waals surface area contributed by atoms with E-state index < -0.39 is 0 Å².